The number of primary amides is 1. The van der Waals surface area contributed by atoms with E-state index in [0.717, 1.165) is 53.4 Å². The molecule has 0 bridgehead atoms. The average Bonchev–Trinajstić information content (AvgIpc) is 3.98. The van der Waals surface area contributed by atoms with E-state index < -0.39 is 29.8 Å². The lowest BCUT2D eigenvalue weighted by Crippen LogP contribution is -2.77. The van der Waals surface area contributed by atoms with Crippen molar-refractivity contribution in [2.45, 2.75) is 95.4 Å². The first-order chi connectivity index (χ1) is 37.2. The number of carbonyl (C=O) groups excluding carboxylic acids is 4. The van der Waals surface area contributed by atoms with Crippen molar-refractivity contribution in [2.75, 3.05) is 54.1 Å². The molecule has 456 valence electrons. The van der Waals surface area contributed by atoms with Crippen LogP contribution in [0.3, 0.4) is 0 Å². The number of ether oxygens (including phenoxy) is 2. The predicted molar refractivity (Wildman–Crippen MR) is 305 cm³/mol. The number of aromatic amines is 2. The van der Waals surface area contributed by atoms with Crippen molar-refractivity contribution in [2.24, 2.45) is 34.6 Å². The topological polar surface area (TPSA) is 527 Å². The summed E-state index contributed by atoms with van der Waals surface area (Å²) in [6.07, 6.45) is 6.86. The van der Waals surface area contributed by atoms with Gasteiger partial charge in [-0.15, -0.1) is 0 Å². The number of nitrogens with one attached hydrogen (secondary N) is 6. The molecule has 1 atom stereocenters. The van der Waals surface area contributed by atoms with Gasteiger partial charge in [0.05, 0.1) is 33.1 Å². The maximum atomic E-state index is 12.1. The maximum absolute atomic E-state index is 12.1. The number of carboxylic acids is 5. The van der Waals surface area contributed by atoms with Crippen LogP contribution in [0.2, 0.25) is 0 Å². The molecule has 0 spiro atoms. The van der Waals surface area contributed by atoms with Gasteiger partial charge in [0.2, 0.25) is 11.8 Å². The van der Waals surface area contributed by atoms with E-state index in [1.54, 1.807) is 58.0 Å². The van der Waals surface area contributed by atoms with E-state index in [1.165, 1.54) is 30.3 Å². The summed E-state index contributed by atoms with van der Waals surface area (Å²) in [6, 6.07) is 15.2. The number of carboxylic acid groups (broad SMARTS) is 5. The Labute approximate surface area is 468 Å². The van der Waals surface area contributed by atoms with Crippen molar-refractivity contribution in [3.8, 4) is 5.75 Å². The number of aliphatic carboxylic acids is 5. The Morgan fingerprint density at radius 1 is 0.688 bits per heavy atom. The molecule has 29 heteroatoms. The van der Waals surface area contributed by atoms with Crippen LogP contribution < -0.4 is 59.8 Å². The fourth-order valence-corrected chi connectivity index (χ4v) is 4.43. The third kappa shape index (κ3) is 88.5. The number of aromatic nitrogens is 3. The van der Waals surface area contributed by atoms with E-state index in [2.05, 4.69) is 72.2 Å². The summed E-state index contributed by atoms with van der Waals surface area (Å²) < 4.78 is 10.4. The fourth-order valence-electron chi connectivity index (χ4n) is 4.43. The van der Waals surface area contributed by atoms with E-state index in [4.69, 9.17) is 81.9 Å². The number of rotatable bonds is 14. The number of hydrogen-bond donors (Lipinski definition) is 17. The number of Topliss-reactive ketones (excluding diaryl/α,β-unsaturated/α-hetero) is 1. The van der Waals surface area contributed by atoms with Crippen molar-refractivity contribution in [3.63, 3.8) is 0 Å². The van der Waals surface area contributed by atoms with Crippen molar-refractivity contribution in [1.29, 1.82) is 0 Å². The van der Waals surface area contributed by atoms with Crippen molar-refractivity contribution in [3.05, 3.63) is 84.1 Å². The number of imidazole rings is 1. The third-order valence-corrected chi connectivity index (χ3v) is 7.03. The molecule has 4 aromatic rings. The van der Waals surface area contributed by atoms with Gasteiger partial charge in [-0.1, -0.05) is 18.2 Å². The molecule has 0 aliphatic carbocycles. The second kappa shape index (κ2) is 62.4. The molecule has 0 saturated carbocycles. The predicted octanol–water partition coefficient (Wildman–Crippen LogP) is -1.72. The second-order valence-electron chi connectivity index (χ2n) is 14.9. The van der Waals surface area contributed by atoms with Gasteiger partial charge in [-0.3, -0.25) is 71.3 Å². The molecule has 24 N–H and O–H groups in total. The van der Waals surface area contributed by atoms with Gasteiger partial charge in [-0.2, -0.15) is 0 Å². The molecule has 0 aliphatic heterocycles. The van der Waals surface area contributed by atoms with Crippen LogP contribution in [-0.2, 0) is 43.1 Å². The number of carbonyl (C=O) groups is 9. The van der Waals surface area contributed by atoms with Gasteiger partial charge >= 0.3 is 11.9 Å². The lowest BCUT2D eigenvalue weighted by atomic mass is 9.96. The number of para-hydroxylation sites is 1. The summed E-state index contributed by atoms with van der Waals surface area (Å²) in [5, 5.41) is 43.8. The number of hydrogen-bond acceptors (Lipinski definition) is 12. The van der Waals surface area contributed by atoms with Gasteiger partial charge in [0, 0.05) is 109 Å². The zero-order valence-corrected chi connectivity index (χ0v) is 48.9. The number of guanidine groups is 2. The standard InChI is InChI=1S/C19H28N2O5.C9H9N.C4H6N2.2C3H9N3.C2H5NO.5C2H4O2.CH5N/c1-14(22)13-16(18(23)20-2)5-4-10-21-19(24)15-6-8-17(9-7-15)26-12-11-25-3;1-7-6-10-9-5-3-2-4-8(7)9;1-4-2-5-3-6-4;2*1-2-6-3(4)5;6*1-2(3)4;1-2/h6-9,16H,4-5,10-13H2,1-3H3,(H,20,23)(H,21,24);2-6,10H,1H3;2-3H,1H3,(H,5,6);2*2H2,1H3,(H4,4,5,6);1H3,(H2,3,4);5*1H3,(H,3,4);2H2,1H3/p+3/t16-;;;;;;;;;;;/m1.........../s1. The van der Waals surface area contributed by atoms with Gasteiger partial charge in [0.1, 0.15) is 18.1 Å². The highest BCUT2D eigenvalue weighted by Crippen LogP contribution is 2.16. The third-order valence-electron chi connectivity index (χ3n) is 7.03. The molecule has 0 radical (unpaired) electrons. The zero-order valence-electron chi connectivity index (χ0n) is 48.9. The molecule has 3 amide bonds. The van der Waals surface area contributed by atoms with Crippen LogP contribution in [0, 0.1) is 19.8 Å². The average molecular weight is 1150 g/mol. The molecule has 29 nitrogen and oxygen atoms in total. The van der Waals surface area contributed by atoms with Crippen LogP contribution in [-0.4, -0.2) is 160 Å². The number of fused-ring (bicyclic) bond motifs is 1. The maximum Gasteiger partial charge on any atom is 0.338 e. The highest BCUT2D eigenvalue weighted by Gasteiger charge is 2.18. The van der Waals surface area contributed by atoms with Crippen LogP contribution in [0.15, 0.2) is 67.3 Å². The molecule has 0 fully saturated rings. The van der Waals surface area contributed by atoms with E-state index >= 15 is 0 Å². The smallest absolute Gasteiger partial charge is 0.338 e. The number of ketones is 1. The van der Waals surface area contributed by atoms with Crippen molar-refractivity contribution < 1.29 is 93.9 Å². The number of H-pyrrole nitrogens is 2. The molecular weight excluding hydrogens is 1050 g/mol. The number of amides is 3. The molecule has 0 saturated heterocycles. The van der Waals surface area contributed by atoms with E-state index in [9.17, 15) is 19.2 Å². The molecule has 2 aromatic heterocycles. The number of benzene rings is 2. The largest absolute Gasteiger partial charge is 0.491 e. The first-order valence-electron chi connectivity index (χ1n) is 24.0. The van der Waals surface area contributed by atoms with Gasteiger partial charge in [-0.25, -0.2) is 4.98 Å². The lowest BCUT2D eigenvalue weighted by Gasteiger charge is -2.14. The quantitative estimate of drug-likeness (QED) is 0.0379. The van der Waals surface area contributed by atoms with Crippen LogP contribution in [0.25, 0.3) is 10.9 Å². The number of nitrogens with zero attached hydrogens (tertiary/aromatic N) is 1. The molecule has 80 heavy (non-hydrogen) atoms. The summed E-state index contributed by atoms with van der Waals surface area (Å²) in [7, 11) is 4.91. The molecule has 4 rings (SSSR count). The van der Waals surface area contributed by atoms with Crippen molar-refractivity contribution in [1.82, 2.24) is 25.6 Å². The molecule has 2 heterocycles. The Kier molecular flexibility index (Phi) is 68.3. The first kappa shape index (κ1) is 87.5. The summed E-state index contributed by atoms with van der Waals surface area (Å²) >= 11 is 0. The second-order valence-corrected chi connectivity index (χ2v) is 14.9. The van der Waals surface area contributed by atoms with E-state index in [0.29, 0.717) is 43.9 Å². The summed E-state index contributed by atoms with van der Waals surface area (Å²) in [6.45, 7) is 19.1. The Balaban J connectivity index is -0.000000133. The normalized spacial score (nSPS) is 8.79. The monoisotopic (exact) mass is 1140 g/mol. The Bertz CT molecular complexity index is 2150. The minimum atomic E-state index is -0.833. The number of aryl methyl sites for hydroxylation is 2. The van der Waals surface area contributed by atoms with Gasteiger partial charge in [0.15, 0.2) is 0 Å². The summed E-state index contributed by atoms with van der Waals surface area (Å²) in [5.41, 5.74) is 31.8. The minimum absolute atomic E-state index is 0.0181. The number of nitrogens with two attached hydrogens (primary N) is 5. The van der Waals surface area contributed by atoms with Crippen LogP contribution in [0.1, 0.15) is 103 Å². The Morgan fingerprint density at radius 2 is 1.11 bits per heavy atom. The van der Waals surface area contributed by atoms with Crippen LogP contribution in [0.4, 0.5) is 0 Å². The lowest BCUT2D eigenvalue weighted by molar-refractivity contribution is -0.454. The molecule has 0 unspecified atom stereocenters. The fraction of sp³-hybridized carbons (Fsp3) is 0.451. The Hall–Kier alpha value is -9.12. The van der Waals surface area contributed by atoms with Crippen LogP contribution in [0.5, 0.6) is 5.75 Å². The summed E-state index contributed by atoms with van der Waals surface area (Å²) in [4.78, 5) is 105. The van der Waals surface area contributed by atoms with Crippen LogP contribution >= 0.6 is 0 Å². The zero-order chi connectivity index (χ0) is 64.2. The number of methoxy groups -OCH3 is 1. The highest BCUT2D eigenvalue weighted by molar-refractivity contribution is 5.94. The summed E-state index contributed by atoms with van der Waals surface area (Å²) in [5.74, 6) is -3.94. The molecule has 0 aliphatic rings. The van der Waals surface area contributed by atoms with E-state index in [1.807, 2.05) is 33.0 Å². The number of quaternary nitrogens is 1. The molecular formula is C51H94N13O16+3. The van der Waals surface area contributed by atoms with Gasteiger partial charge in [0.25, 0.3) is 35.8 Å². The minimum Gasteiger partial charge on any atom is -0.491 e. The Morgan fingerprint density at radius 3 is 1.41 bits per heavy atom. The van der Waals surface area contributed by atoms with Gasteiger partial charge in [-0.05, 0) is 83.4 Å². The SMILES string of the molecule is CC(=O)O.CC(=O)O.CC(=O)O.CC(=O)O.CC(=O)O.CC(N)=O.CC[NH+]=C(N)N.CC[NH+]=C(N)N.CNC(=O)[C@H](CCCNC(=O)c1ccc(OCCOC)cc1)CC(C)=O.C[NH3+].Cc1c[nH]c2ccccc12.Cc1cnc[nH]1. The van der Waals surface area contributed by atoms with Crippen molar-refractivity contribution >= 4 is 76.2 Å². The highest BCUT2D eigenvalue weighted by atomic mass is 16.5. The van der Waals surface area contributed by atoms with Gasteiger partial charge < -0.3 is 71.9 Å². The first-order valence-corrected chi connectivity index (χ1v) is 24.0. The molecule has 2 aromatic carbocycles. The van der Waals surface area contributed by atoms with E-state index in [-0.39, 0.29) is 47.8 Å².